The second-order valence-corrected chi connectivity index (χ2v) is 4.51. The van der Waals surface area contributed by atoms with Gasteiger partial charge in [-0.25, -0.2) is 0 Å². The summed E-state index contributed by atoms with van der Waals surface area (Å²) in [5.74, 6) is 0. The summed E-state index contributed by atoms with van der Waals surface area (Å²) in [7, 11) is 2.14. The highest BCUT2D eigenvalue weighted by Crippen LogP contribution is 2.44. The molecule has 1 aromatic rings. The molecule has 3 nitrogen and oxygen atoms in total. The fourth-order valence-electron chi connectivity index (χ4n) is 1.93. The van der Waals surface area contributed by atoms with Crippen LogP contribution in [0.2, 0.25) is 0 Å². The molecule has 0 spiro atoms. The molecule has 1 aliphatic rings. The third-order valence-corrected chi connectivity index (χ3v) is 3.03. The quantitative estimate of drug-likeness (QED) is 0.771. The van der Waals surface area contributed by atoms with Gasteiger partial charge in [-0.15, -0.1) is 0 Å². The molecular weight excluding hydrogens is 176 g/mol. The topological polar surface area (TPSA) is 42.4 Å². The first-order chi connectivity index (χ1) is 6.74. The Morgan fingerprint density at radius 3 is 2.86 bits per heavy atom. The molecule has 0 atom stereocenters. The van der Waals surface area contributed by atoms with Crippen LogP contribution in [0, 0.1) is 5.41 Å². The van der Waals surface area contributed by atoms with E-state index in [9.17, 15) is 0 Å². The monoisotopic (exact) mass is 194 g/mol. The Labute approximate surface area is 84.9 Å². The van der Waals surface area contributed by atoms with E-state index in [1.54, 1.807) is 12.5 Å². The average molecular weight is 194 g/mol. The SMILES string of the molecule is CN(Cc1ccoc1)CC1(CN)CC1. The van der Waals surface area contributed by atoms with Gasteiger partial charge in [-0.05, 0) is 37.9 Å². The van der Waals surface area contributed by atoms with Crippen LogP contribution in [-0.2, 0) is 6.54 Å². The summed E-state index contributed by atoms with van der Waals surface area (Å²) in [6, 6.07) is 2.01. The standard InChI is InChI=1S/C11H18N2O/c1-13(6-10-2-5-14-7-10)9-11(8-12)3-4-11/h2,5,7H,3-4,6,8-9,12H2,1H3. The van der Waals surface area contributed by atoms with Crippen molar-refractivity contribution in [2.45, 2.75) is 19.4 Å². The summed E-state index contributed by atoms with van der Waals surface area (Å²) in [5, 5.41) is 0. The lowest BCUT2D eigenvalue weighted by atomic mass is 10.1. The first-order valence-electron chi connectivity index (χ1n) is 5.14. The molecule has 1 aromatic heterocycles. The number of hydrogen-bond donors (Lipinski definition) is 1. The molecule has 1 heterocycles. The van der Waals surface area contributed by atoms with Gasteiger partial charge in [0, 0.05) is 18.7 Å². The molecule has 1 saturated carbocycles. The largest absolute Gasteiger partial charge is 0.472 e. The minimum absolute atomic E-state index is 0.429. The molecule has 0 aliphatic heterocycles. The molecule has 0 bridgehead atoms. The zero-order valence-corrected chi connectivity index (χ0v) is 8.70. The Morgan fingerprint density at radius 2 is 2.36 bits per heavy atom. The number of rotatable bonds is 5. The predicted octanol–water partition coefficient (Wildman–Crippen LogP) is 1.45. The van der Waals surface area contributed by atoms with Crippen molar-refractivity contribution in [3.05, 3.63) is 24.2 Å². The van der Waals surface area contributed by atoms with Gasteiger partial charge in [0.2, 0.25) is 0 Å². The number of hydrogen-bond acceptors (Lipinski definition) is 3. The lowest BCUT2D eigenvalue weighted by Gasteiger charge is -2.21. The Hall–Kier alpha value is -0.800. The third kappa shape index (κ3) is 2.16. The van der Waals surface area contributed by atoms with E-state index in [1.807, 2.05) is 6.07 Å². The maximum atomic E-state index is 5.75. The second-order valence-electron chi connectivity index (χ2n) is 4.51. The smallest absolute Gasteiger partial charge is 0.0947 e. The number of nitrogens with zero attached hydrogens (tertiary/aromatic N) is 1. The summed E-state index contributed by atoms with van der Waals surface area (Å²) in [6.45, 7) is 2.88. The molecule has 1 aliphatic carbocycles. The fourth-order valence-corrected chi connectivity index (χ4v) is 1.93. The van der Waals surface area contributed by atoms with Gasteiger partial charge in [0.1, 0.15) is 0 Å². The zero-order chi connectivity index (χ0) is 10.0. The van der Waals surface area contributed by atoms with Crippen LogP contribution in [0.25, 0.3) is 0 Å². The molecular formula is C11H18N2O. The molecule has 1 fully saturated rings. The third-order valence-electron chi connectivity index (χ3n) is 3.03. The summed E-state index contributed by atoms with van der Waals surface area (Å²) in [4.78, 5) is 2.32. The van der Waals surface area contributed by atoms with Gasteiger partial charge in [-0.1, -0.05) is 0 Å². The minimum Gasteiger partial charge on any atom is -0.472 e. The average Bonchev–Trinajstić information content (AvgIpc) is 2.74. The van der Waals surface area contributed by atoms with Crippen LogP contribution in [0.3, 0.4) is 0 Å². The van der Waals surface area contributed by atoms with Crippen molar-refractivity contribution in [1.29, 1.82) is 0 Å². The van der Waals surface area contributed by atoms with Gasteiger partial charge in [0.05, 0.1) is 12.5 Å². The molecule has 0 radical (unpaired) electrons. The molecule has 0 aromatic carbocycles. The highest BCUT2D eigenvalue weighted by atomic mass is 16.3. The molecule has 2 N–H and O–H groups in total. The van der Waals surface area contributed by atoms with Gasteiger partial charge >= 0.3 is 0 Å². The van der Waals surface area contributed by atoms with Crippen LogP contribution in [0.1, 0.15) is 18.4 Å². The van der Waals surface area contributed by atoms with Gasteiger partial charge in [-0.3, -0.25) is 0 Å². The molecule has 0 amide bonds. The van der Waals surface area contributed by atoms with E-state index in [1.165, 1.54) is 18.4 Å². The Bertz CT molecular complexity index is 277. The van der Waals surface area contributed by atoms with Crippen molar-refractivity contribution in [3.63, 3.8) is 0 Å². The van der Waals surface area contributed by atoms with Gasteiger partial charge in [0.25, 0.3) is 0 Å². The molecule has 2 rings (SSSR count). The number of furan rings is 1. The van der Waals surface area contributed by atoms with E-state index in [4.69, 9.17) is 10.2 Å². The zero-order valence-electron chi connectivity index (χ0n) is 8.70. The van der Waals surface area contributed by atoms with Crippen LogP contribution in [-0.4, -0.2) is 25.0 Å². The first kappa shape index (κ1) is 9.74. The Balaban J connectivity index is 1.82. The van der Waals surface area contributed by atoms with Gasteiger partial charge < -0.3 is 15.1 Å². The van der Waals surface area contributed by atoms with Crippen LogP contribution in [0.15, 0.2) is 23.0 Å². The Morgan fingerprint density at radius 1 is 1.57 bits per heavy atom. The fraction of sp³-hybridized carbons (Fsp3) is 0.636. The van der Waals surface area contributed by atoms with Crippen molar-refractivity contribution in [2.75, 3.05) is 20.1 Å². The highest BCUT2D eigenvalue weighted by Gasteiger charge is 2.41. The van der Waals surface area contributed by atoms with Crippen molar-refractivity contribution < 1.29 is 4.42 Å². The summed E-state index contributed by atoms with van der Waals surface area (Å²) >= 11 is 0. The van der Waals surface area contributed by atoms with E-state index >= 15 is 0 Å². The molecule has 0 unspecified atom stereocenters. The van der Waals surface area contributed by atoms with E-state index < -0.39 is 0 Å². The second kappa shape index (κ2) is 3.75. The first-order valence-corrected chi connectivity index (χ1v) is 5.14. The van der Waals surface area contributed by atoms with Crippen LogP contribution in [0.5, 0.6) is 0 Å². The van der Waals surface area contributed by atoms with E-state index in [2.05, 4.69) is 11.9 Å². The predicted molar refractivity (Wildman–Crippen MR) is 55.8 cm³/mol. The van der Waals surface area contributed by atoms with Crippen LogP contribution < -0.4 is 5.73 Å². The van der Waals surface area contributed by atoms with E-state index in [0.29, 0.717) is 5.41 Å². The maximum Gasteiger partial charge on any atom is 0.0947 e. The van der Waals surface area contributed by atoms with Gasteiger partial charge in [-0.2, -0.15) is 0 Å². The summed E-state index contributed by atoms with van der Waals surface area (Å²) in [6.07, 6.45) is 6.11. The lowest BCUT2D eigenvalue weighted by Crippen LogP contribution is -2.31. The molecule has 78 valence electrons. The molecule has 0 saturated heterocycles. The van der Waals surface area contributed by atoms with Gasteiger partial charge in [0.15, 0.2) is 0 Å². The summed E-state index contributed by atoms with van der Waals surface area (Å²) in [5.41, 5.74) is 7.41. The van der Waals surface area contributed by atoms with Crippen molar-refractivity contribution in [1.82, 2.24) is 4.90 Å². The van der Waals surface area contributed by atoms with E-state index in [-0.39, 0.29) is 0 Å². The lowest BCUT2D eigenvalue weighted by molar-refractivity contribution is 0.259. The van der Waals surface area contributed by atoms with Crippen LogP contribution in [0.4, 0.5) is 0 Å². The van der Waals surface area contributed by atoms with E-state index in [0.717, 1.165) is 19.6 Å². The minimum atomic E-state index is 0.429. The summed E-state index contributed by atoms with van der Waals surface area (Å²) < 4.78 is 5.04. The highest BCUT2D eigenvalue weighted by molar-refractivity contribution is 5.05. The normalized spacial score (nSPS) is 18.8. The molecule has 14 heavy (non-hydrogen) atoms. The van der Waals surface area contributed by atoms with Crippen LogP contribution >= 0.6 is 0 Å². The number of nitrogens with two attached hydrogens (primary N) is 1. The molecule has 3 heteroatoms. The Kier molecular flexibility index (Phi) is 2.61. The maximum absolute atomic E-state index is 5.75. The van der Waals surface area contributed by atoms with Crippen molar-refractivity contribution >= 4 is 0 Å². The van der Waals surface area contributed by atoms with Crippen molar-refractivity contribution in [2.24, 2.45) is 11.1 Å². The van der Waals surface area contributed by atoms with Crippen molar-refractivity contribution in [3.8, 4) is 0 Å².